The molecule has 2 aliphatic heterocycles. The van der Waals surface area contributed by atoms with Gasteiger partial charge in [-0.3, -0.25) is 9.69 Å². The number of nitrogens with zero attached hydrogens (tertiary/aromatic N) is 2. The van der Waals surface area contributed by atoms with Crippen molar-refractivity contribution in [3.05, 3.63) is 11.6 Å². The fourth-order valence-corrected chi connectivity index (χ4v) is 4.70. The lowest BCUT2D eigenvalue weighted by atomic mass is 9.76. The maximum atomic E-state index is 12.4. The van der Waals surface area contributed by atoms with Crippen molar-refractivity contribution < 1.29 is 9.90 Å². The highest BCUT2D eigenvalue weighted by Gasteiger charge is 2.38. The van der Waals surface area contributed by atoms with Crippen LogP contribution >= 0.6 is 0 Å². The van der Waals surface area contributed by atoms with Crippen molar-refractivity contribution in [2.75, 3.05) is 32.8 Å². The van der Waals surface area contributed by atoms with Crippen molar-refractivity contribution in [2.24, 2.45) is 11.3 Å². The highest BCUT2D eigenvalue weighted by molar-refractivity contribution is 5.79. The summed E-state index contributed by atoms with van der Waals surface area (Å²) in [6.45, 7) is 8.58. The highest BCUT2D eigenvalue weighted by atomic mass is 16.3. The number of aliphatic hydroxyl groups is 1. The number of carbonyl (C=O) groups excluding carboxylic acids is 1. The lowest BCUT2D eigenvalue weighted by Gasteiger charge is -2.47. The summed E-state index contributed by atoms with van der Waals surface area (Å²) >= 11 is 0. The Balaban J connectivity index is 1.53. The third-order valence-electron chi connectivity index (χ3n) is 6.72. The Hall–Kier alpha value is -0.870. The van der Waals surface area contributed by atoms with Gasteiger partial charge < -0.3 is 10.0 Å². The Kier molecular flexibility index (Phi) is 6.21. The SMILES string of the molecule is CC(C)=CC[C@@]1(CO)CCCN(C2CCN(C(=O)C3CCC3)CC2)C1. The normalized spacial score (nSPS) is 29.3. The molecule has 0 aromatic rings. The summed E-state index contributed by atoms with van der Waals surface area (Å²) in [6, 6.07) is 0.586. The van der Waals surface area contributed by atoms with Crippen LogP contribution in [0.3, 0.4) is 0 Å². The summed E-state index contributed by atoms with van der Waals surface area (Å²) in [7, 11) is 0. The number of aliphatic hydroxyl groups excluding tert-OH is 1. The Morgan fingerprint density at radius 1 is 1.12 bits per heavy atom. The van der Waals surface area contributed by atoms with Crippen LogP contribution in [0.15, 0.2) is 11.6 Å². The molecule has 3 fully saturated rings. The molecule has 1 N–H and O–H groups in total. The second-order valence-electron chi connectivity index (χ2n) is 8.90. The summed E-state index contributed by atoms with van der Waals surface area (Å²) < 4.78 is 0. The van der Waals surface area contributed by atoms with Crippen LogP contribution in [0.5, 0.6) is 0 Å². The molecule has 0 radical (unpaired) electrons. The number of hydrogen-bond acceptors (Lipinski definition) is 3. The number of piperidine rings is 2. The van der Waals surface area contributed by atoms with Crippen LogP contribution in [-0.4, -0.2) is 59.6 Å². The first kappa shape index (κ1) is 18.9. The maximum absolute atomic E-state index is 12.4. The van der Waals surface area contributed by atoms with Gasteiger partial charge in [-0.1, -0.05) is 18.1 Å². The van der Waals surface area contributed by atoms with Crippen LogP contribution in [0.2, 0.25) is 0 Å². The molecule has 0 spiro atoms. The van der Waals surface area contributed by atoms with Gasteiger partial charge >= 0.3 is 0 Å². The molecular formula is C21H36N2O2. The van der Waals surface area contributed by atoms with Crippen molar-refractivity contribution in [2.45, 2.75) is 71.3 Å². The first-order valence-electron chi connectivity index (χ1n) is 10.3. The largest absolute Gasteiger partial charge is 0.396 e. The van der Waals surface area contributed by atoms with E-state index in [-0.39, 0.29) is 12.0 Å². The van der Waals surface area contributed by atoms with Gasteiger partial charge in [0.15, 0.2) is 0 Å². The van der Waals surface area contributed by atoms with Gasteiger partial charge in [-0.05, 0) is 65.3 Å². The number of allylic oxidation sites excluding steroid dienone is 2. The average molecular weight is 349 g/mol. The molecule has 4 heteroatoms. The van der Waals surface area contributed by atoms with Gasteiger partial charge in [0, 0.05) is 37.0 Å². The first-order valence-corrected chi connectivity index (χ1v) is 10.3. The molecule has 142 valence electrons. The average Bonchev–Trinajstić information content (AvgIpc) is 2.59. The Labute approximate surface area is 153 Å². The van der Waals surface area contributed by atoms with Gasteiger partial charge in [-0.2, -0.15) is 0 Å². The monoisotopic (exact) mass is 348 g/mol. The minimum absolute atomic E-state index is 0.0361. The van der Waals surface area contributed by atoms with Crippen LogP contribution in [0.25, 0.3) is 0 Å². The molecule has 1 atom stereocenters. The summed E-state index contributed by atoms with van der Waals surface area (Å²) in [4.78, 5) is 17.2. The van der Waals surface area contributed by atoms with E-state index in [9.17, 15) is 9.90 Å². The van der Waals surface area contributed by atoms with Crippen LogP contribution < -0.4 is 0 Å². The van der Waals surface area contributed by atoms with E-state index in [2.05, 4.69) is 29.7 Å². The van der Waals surface area contributed by atoms with Gasteiger partial charge in [0.2, 0.25) is 5.91 Å². The van der Waals surface area contributed by atoms with Crippen LogP contribution in [0.4, 0.5) is 0 Å². The van der Waals surface area contributed by atoms with E-state index < -0.39 is 0 Å². The van der Waals surface area contributed by atoms with E-state index in [0.717, 1.165) is 64.7 Å². The lowest BCUT2D eigenvalue weighted by Crippen LogP contribution is -2.53. The number of hydrogen-bond donors (Lipinski definition) is 1. The van der Waals surface area contributed by atoms with E-state index in [4.69, 9.17) is 0 Å². The molecule has 4 nitrogen and oxygen atoms in total. The Morgan fingerprint density at radius 2 is 1.84 bits per heavy atom. The van der Waals surface area contributed by atoms with Crippen LogP contribution in [-0.2, 0) is 4.79 Å². The molecule has 0 aromatic heterocycles. The lowest BCUT2D eigenvalue weighted by molar-refractivity contribution is -0.140. The molecule has 0 unspecified atom stereocenters. The van der Waals surface area contributed by atoms with E-state index in [0.29, 0.717) is 17.9 Å². The number of rotatable bonds is 5. The van der Waals surface area contributed by atoms with Crippen molar-refractivity contribution in [3.8, 4) is 0 Å². The molecule has 3 aliphatic rings. The quantitative estimate of drug-likeness (QED) is 0.776. The third-order valence-corrected chi connectivity index (χ3v) is 6.72. The van der Waals surface area contributed by atoms with Crippen molar-refractivity contribution in [1.82, 2.24) is 9.80 Å². The van der Waals surface area contributed by atoms with E-state index in [1.807, 2.05) is 0 Å². The van der Waals surface area contributed by atoms with Crippen molar-refractivity contribution in [3.63, 3.8) is 0 Å². The fourth-order valence-electron chi connectivity index (χ4n) is 4.70. The molecule has 2 saturated heterocycles. The predicted octanol–water partition coefficient (Wildman–Crippen LogP) is 3.21. The molecule has 25 heavy (non-hydrogen) atoms. The van der Waals surface area contributed by atoms with Crippen LogP contribution in [0, 0.1) is 11.3 Å². The second-order valence-corrected chi connectivity index (χ2v) is 8.90. The van der Waals surface area contributed by atoms with Gasteiger partial charge in [-0.15, -0.1) is 0 Å². The third kappa shape index (κ3) is 4.46. The highest BCUT2D eigenvalue weighted by Crippen LogP contribution is 2.36. The van der Waals surface area contributed by atoms with Gasteiger partial charge in [0.1, 0.15) is 0 Å². The first-order chi connectivity index (χ1) is 12.0. The topological polar surface area (TPSA) is 43.8 Å². The molecular weight excluding hydrogens is 312 g/mol. The molecule has 1 aliphatic carbocycles. The van der Waals surface area contributed by atoms with Gasteiger partial charge in [0.05, 0.1) is 6.61 Å². The van der Waals surface area contributed by atoms with E-state index in [1.54, 1.807) is 0 Å². The Bertz CT molecular complexity index is 488. The summed E-state index contributed by atoms with van der Waals surface area (Å²) in [5, 5.41) is 10.1. The fraction of sp³-hybridized carbons (Fsp3) is 0.857. The standard InChI is InChI=1S/C21H36N2O2/c1-17(2)7-11-21(16-24)10-4-12-23(15-21)19-8-13-22(14-9-19)20(25)18-5-3-6-18/h7,18-19,24H,3-6,8-16H2,1-2H3/t21-/m0/s1. The van der Waals surface area contributed by atoms with E-state index in [1.165, 1.54) is 18.4 Å². The second kappa shape index (κ2) is 8.22. The predicted molar refractivity (Wildman–Crippen MR) is 101 cm³/mol. The number of amides is 1. The van der Waals surface area contributed by atoms with Crippen molar-refractivity contribution in [1.29, 1.82) is 0 Å². The number of likely N-dealkylation sites (tertiary alicyclic amines) is 2. The summed E-state index contributed by atoms with van der Waals surface area (Å²) in [5.41, 5.74) is 1.38. The molecule has 0 aromatic carbocycles. The van der Waals surface area contributed by atoms with Crippen LogP contribution in [0.1, 0.15) is 65.2 Å². The molecule has 2 heterocycles. The summed E-state index contributed by atoms with van der Waals surface area (Å²) in [5.74, 6) is 0.745. The van der Waals surface area contributed by atoms with Crippen molar-refractivity contribution >= 4 is 5.91 Å². The minimum Gasteiger partial charge on any atom is -0.396 e. The molecule has 0 bridgehead atoms. The zero-order valence-electron chi connectivity index (χ0n) is 16.2. The Morgan fingerprint density at radius 3 is 2.40 bits per heavy atom. The summed E-state index contributed by atoms with van der Waals surface area (Å²) in [6.07, 6.45) is 11.2. The maximum Gasteiger partial charge on any atom is 0.225 e. The zero-order valence-corrected chi connectivity index (χ0v) is 16.2. The molecule has 1 saturated carbocycles. The van der Waals surface area contributed by atoms with Gasteiger partial charge in [0.25, 0.3) is 0 Å². The number of carbonyl (C=O) groups is 1. The van der Waals surface area contributed by atoms with Gasteiger partial charge in [-0.25, -0.2) is 0 Å². The minimum atomic E-state index is 0.0361. The zero-order chi connectivity index (χ0) is 17.9. The molecule has 1 amide bonds. The molecule has 3 rings (SSSR count). The van der Waals surface area contributed by atoms with E-state index >= 15 is 0 Å². The smallest absolute Gasteiger partial charge is 0.225 e.